The van der Waals surface area contributed by atoms with Crippen molar-refractivity contribution >= 4 is 17.5 Å². The van der Waals surface area contributed by atoms with Crippen molar-refractivity contribution < 1.29 is 14.3 Å². The predicted molar refractivity (Wildman–Crippen MR) is 108 cm³/mol. The fourth-order valence-electron chi connectivity index (χ4n) is 2.97. The van der Waals surface area contributed by atoms with Gasteiger partial charge in [0.15, 0.2) is 5.82 Å². The number of imidazole rings is 1. The van der Waals surface area contributed by atoms with E-state index in [-0.39, 0.29) is 11.8 Å². The first kappa shape index (κ1) is 19.2. The summed E-state index contributed by atoms with van der Waals surface area (Å²) < 4.78 is 6.91. The summed E-state index contributed by atoms with van der Waals surface area (Å²) in [5.74, 6) is 0.566. The van der Waals surface area contributed by atoms with Gasteiger partial charge >= 0.3 is 0 Å². The molecule has 0 saturated heterocycles. The number of aromatic nitrogens is 2. The van der Waals surface area contributed by atoms with Crippen LogP contribution in [0.5, 0.6) is 5.75 Å². The number of rotatable bonds is 5. The lowest BCUT2D eigenvalue weighted by molar-refractivity contribution is 0.0961. The van der Waals surface area contributed by atoms with Crippen LogP contribution in [0.1, 0.15) is 26.5 Å². The highest BCUT2D eigenvalue weighted by Gasteiger charge is 2.16. The van der Waals surface area contributed by atoms with Crippen LogP contribution in [0, 0.1) is 6.92 Å². The SMILES string of the molecule is CNC(=O)c1ccc(NC(=O)c2ncc(-c3ccc(OC)cc3)n2C)cc1C. The number of ether oxygens (including phenoxy) is 1. The van der Waals surface area contributed by atoms with Crippen LogP contribution in [-0.4, -0.2) is 35.5 Å². The summed E-state index contributed by atoms with van der Waals surface area (Å²) in [7, 11) is 4.99. The molecule has 2 aromatic carbocycles. The molecule has 3 rings (SSSR count). The molecule has 1 aromatic heterocycles. The van der Waals surface area contributed by atoms with Gasteiger partial charge in [0.05, 0.1) is 19.0 Å². The molecule has 28 heavy (non-hydrogen) atoms. The zero-order valence-electron chi connectivity index (χ0n) is 16.2. The van der Waals surface area contributed by atoms with Crippen molar-refractivity contribution in [2.75, 3.05) is 19.5 Å². The average Bonchev–Trinajstić information content (AvgIpc) is 3.09. The summed E-state index contributed by atoms with van der Waals surface area (Å²) >= 11 is 0. The molecule has 1 heterocycles. The van der Waals surface area contributed by atoms with E-state index in [1.807, 2.05) is 31.2 Å². The topological polar surface area (TPSA) is 85.2 Å². The lowest BCUT2D eigenvalue weighted by atomic mass is 10.1. The molecule has 144 valence electrons. The van der Waals surface area contributed by atoms with Gasteiger partial charge in [0, 0.05) is 30.9 Å². The summed E-state index contributed by atoms with van der Waals surface area (Å²) in [6.45, 7) is 1.82. The number of carbonyl (C=O) groups excluding carboxylic acids is 2. The molecule has 0 fully saturated rings. The molecular formula is C21H22N4O3. The smallest absolute Gasteiger partial charge is 0.291 e. The minimum atomic E-state index is -0.325. The number of anilines is 1. The summed E-state index contributed by atoms with van der Waals surface area (Å²) in [6.07, 6.45) is 1.66. The van der Waals surface area contributed by atoms with E-state index >= 15 is 0 Å². The quantitative estimate of drug-likeness (QED) is 0.715. The van der Waals surface area contributed by atoms with Crippen LogP contribution in [0.3, 0.4) is 0 Å². The predicted octanol–water partition coefficient (Wildman–Crippen LogP) is 3.02. The van der Waals surface area contributed by atoms with Crippen LogP contribution in [0.2, 0.25) is 0 Å². The number of carbonyl (C=O) groups is 2. The number of aryl methyl sites for hydroxylation is 1. The second kappa shape index (κ2) is 7.96. The van der Waals surface area contributed by atoms with Crippen molar-refractivity contribution in [1.82, 2.24) is 14.9 Å². The van der Waals surface area contributed by atoms with E-state index in [9.17, 15) is 9.59 Å². The molecule has 0 saturated carbocycles. The maximum Gasteiger partial charge on any atom is 0.291 e. The van der Waals surface area contributed by atoms with Crippen LogP contribution in [0.25, 0.3) is 11.3 Å². The first-order chi connectivity index (χ1) is 13.4. The fraction of sp³-hybridized carbons (Fsp3) is 0.190. The second-order valence-electron chi connectivity index (χ2n) is 6.32. The Balaban J connectivity index is 1.81. The van der Waals surface area contributed by atoms with Crippen molar-refractivity contribution in [3.8, 4) is 17.0 Å². The molecule has 0 atom stereocenters. The van der Waals surface area contributed by atoms with Gasteiger partial charge in [-0.3, -0.25) is 9.59 Å². The van der Waals surface area contributed by atoms with Crippen LogP contribution in [0.4, 0.5) is 5.69 Å². The highest BCUT2D eigenvalue weighted by atomic mass is 16.5. The molecular weight excluding hydrogens is 356 g/mol. The number of hydrogen-bond acceptors (Lipinski definition) is 4. The molecule has 2 amide bonds. The van der Waals surface area contributed by atoms with Crippen molar-refractivity contribution in [3.63, 3.8) is 0 Å². The number of amides is 2. The van der Waals surface area contributed by atoms with Crippen molar-refractivity contribution in [2.24, 2.45) is 7.05 Å². The third-order valence-electron chi connectivity index (χ3n) is 4.53. The number of benzene rings is 2. The van der Waals surface area contributed by atoms with Crippen LogP contribution < -0.4 is 15.4 Å². The first-order valence-corrected chi connectivity index (χ1v) is 8.74. The van der Waals surface area contributed by atoms with E-state index in [1.54, 1.807) is 50.2 Å². The summed E-state index contributed by atoms with van der Waals surface area (Å²) in [5, 5.41) is 5.43. The Bertz CT molecular complexity index is 1020. The first-order valence-electron chi connectivity index (χ1n) is 8.74. The second-order valence-corrected chi connectivity index (χ2v) is 6.32. The highest BCUT2D eigenvalue weighted by Crippen LogP contribution is 2.23. The largest absolute Gasteiger partial charge is 0.497 e. The molecule has 0 spiro atoms. The minimum absolute atomic E-state index is 0.163. The molecule has 0 unspecified atom stereocenters. The van der Waals surface area contributed by atoms with Gasteiger partial charge < -0.3 is 19.9 Å². The van der Waals surface area contributed by atoms with Gasteiger partial charge in [0.1, 0.15) is 5.75 Å². The summed E-state index contributed by atoms with van der Waals surface area (Å²) in [5.41, 5.74) is 3.69. The molecule has 7 nitrogen and oxygen atoms in total. The third kappa shape index (κ3) is 3.73. The fourth-order valence-corrected chi connectivity index (χ4v) is 2.97. The molecule has 2 N–H and O–H groups in total. The summed E-state index contributed by atoms with van der Waals surface area (Å²) in [4.78, 5) is 28.7. The Kier molecular flexibility index (Phi) is 5.44. The highest BCUT2D eigenvalue weighted by molar-refractivity contribution is 6.03. The number of nitrogens with one attached hydrogen (secondary N) is 2. The molecule has 0 aliphatic carbocycles. The minimum Gasteiger partial charge on any atom is -0.497 e. The van der Waals surface area contributed by atoms with Gasteiger partial charge in [-0.15, -0.1) is 0 Å². The Hall–Kier alpha value is -3.61. The van der Waals surface area contributed by atoms with Gasteiger partial charge in [0.2, 0.25) is 0 Å². The molecule has 0 aliphatic heterocycles. The van der Waals surface area contributed by atoms with E-state index in [2.05, 4.69) is 15.6 Å². The van der Waals surface area contributed by atoms with Gasteiger partial charge in [-0.05, 0) is 55.0 Å². The normalized spacial score (nSPS) is 10.4. The molecule has 0 aliphatic rings. The molecule has 0 bridgehead atoms. The molecule has 7 heteroatoms. The van der Waals surface area contributed by atoms with E-state index in [1.165, 1.54) is 0 Å². The van der Waals surface area contributed by atoms with E-state index in [0.29, 0.717) is 17.1 Å². The van der Waals surface area contributed by atoms with E-state index in [0.717, 1.165) is 22.6 Å². The Morgan fingerprint density at radius 2 is 1.79 bits per heavy atom. The number of hydrogen-bond donors (Lipinski definition) is 2. The lowest BCUT2D eigenvalue weighted by Crippen LogP contribution is -2.20. The van der Waals surface area contributed by atoms with Crippen LogP contribution in [-0.2, 0) is 7.05 Å². The Morgan fingerprint density at radius 1 is 1.07 bits per heavy atom. The maximum absolute atomic E-state index is 12.7. The number of nitrogens with zero attached hydrogens (tertiary/aromatic N) is 2. The van der Waals surface area contributed by atoms with Crippen LogP contribution >= 0.6 is 0 Å². The molecule has 3 aromatic rings. The summed E-state index contributed by atoms with van der Waals surface area (Å²) in [6, 6.07) is 12.7. The van der Waals surface area contributed by atoms with E-state index < -0.39 is 0 Å². The standard InChI is InChI=1S/C21H22N4O3/c1-13-11-15(7-10-17(13)20(26)22-2)24-21(27)19-23-12-18(25(19)3)14-5-8-16(28-4)9-6-14/h5-12H,1-4H3,(H,22,26)(H,24,27). The zero-order chi connectivity index (χ0) is 20.3. The van der Waals surface area contributed by atoms with Gasteiger partial charge in [-0.25, -0.2) is 4.98 Å². The van der Waals surface area contributed by atoms with Gasteiger partial charge in [0.25, 0.3) is 11.8 Å². The van der Waals surface area contributed by atoms with Crippen molar-refractivity contribution in [3.05, 3.63) is 65.6 Å². The van der Waals surface area contributed by atoms with Gasteiger partial charge in [-0.1, -0.05) is 0 Å². The Labute approximate surface area is 163 Å². The zero-order valence-corrected chi connectivity index (χ0v) is 16.2. The van der Waals surface area contributed by atoms with Gasteiger partial charge in [-0.2, -0.15) is 0 Å². The monoisotopic (exact) mass is 378 g/mol. The maximum atomic E-state index is 12.7. The molecule has 0 radical (unpaired) electrons. The average molecular weight is 378 g/mol. The van der Waals surface area contributed by atoms with Crippen molar-refractivity contribution in [1.29, 1.82) is 0 Å². The third-order valence-corrected chi connectivity index (χ3v) is 4.53. The number of methoxy groups -OCH3 is 1. The lowest BCUT2D eigenvalue weighted by Gasteiger charge is -2.10. The Morgan fingerprint density at radius 3 is 2.39 bits per heavy atom. The van der Waals surface area contributed by atoms with Crippen LogP contribution in [0.15, 0.2) is 48.7 Å². The van der Waals surface area contributed by atoms with Crippen molar-refractivity contribution in [2.45, 2.75) is 6.92 Å². The van der Waals surface area contributed by atoms with E-state index in [4.69, 9.17) is 4.74 Å².